The van der Waals surface area contributed by atoms with Crippen LogP contribution in [0.4, 0.5) is 0 Å². The van der Waals surface area contributed by atoms with E-state index in [4.69, 9.17) is 0 Å². The van der Waals surface area contributed by atoms with Crippen LogP contribution in [-0.2, 0) is 30.4 Å². The van der Waals surface area contributed by atoms with E-state index in [0.717, 1.165) is 5.56 Å². The van der Waals surface area contributed by atoms with Gasteiger partial charge in [0.25, 0.3) is 0 Å². The van der Waals surface area contributed by atoms with Gasteiger partial charge in [-0.1, -0.05) is 85.7 Å². The van der Waals surface area contributed by atoms with Gasteiger partial charge >= 0.3 is 0 Å². The molecule has 1 aliphatic heterocycles. The summed E-state index contributed by atoms with van der Waals surface area (Å²) in [6.07, 6.45) is 0.902. The van der Waals surface area contributed by atoms with Crippen LogP contribution in [0.5, 0.6) is 0 Å². The topological polar surface area (TPSA) is 128 Å². The maximum absolute atomic E-state index is 14.1. The standard InChI is InChI=1S/C33H53N5O5/c1-19(2)16-24-29(39)35-26(18-23-14-12-11-13-15-23)33(43)38(10)28(22(7)8)31(41)36-25(17-20(3)4)32(42)37(9)27(21(5)6)30(40)34-24/h11-15,19-22,24-28H,16-18H2,1-10H3,(H,34,40)(H,35,39)(H,36,41)/t24-,25-,26-,27-,28-/m0/s1. The minimum atomic E-state index is -0.984. The third-order valence-electron chi connectivity index (χ3n) is 7.89. The number of nitrogens with one attached hydrogen (secondary N) is 3. The summed E-state index contributed by atoms with van der Waals surface area (Å²) >= 11 is 0. The van der Waals surface area contributed by atoms with E-state index in [-0.39, 0.29) is 30.1 Å². The summed E-state index contributed by atoms with van der Waals surface area (Å²) in [6.45, 7) is 15.2. The van der Waals surface area contributed by atoms with Gasteiger partial charge in [0.05, 0.1) is 0 Å². The van der Waals surface area contributed by atoms with Gasteiger partial charge in [0, 0.05) is 20.5 Å². The second-order valence-electron chi connectivity index (χ2n) is 13.4. The number of amides is 5. The Bertz CT molecular complexity index is 1120. The Kier molecular flexibility index (Phi) is 13.2. The predicted octanol–water partition coefficient (Wildman–Crippen LogP) is 2.76. The summed E-state index contributed by atoms with van der Waals surface area (Å²) in [4.78, 5) is 72.1. The number of hydrogen-bond acceptors (Lipinski definition) is 5. The number of likely N-dealkylation sites (N-methyl/N-ethyl adjacent to an activating group) is 2. The van der Waals surface area contributed by atoms with Crippen molar-refractivity contribution in [1.29, 1.82) is 0 Å². The van der Waals surface area contributed by atoms with E-state index >= 15 is 0 Å². The molecule has 0 radical (unpaired) electrons. The third kappa shape index (κ3) is 9.79. The van der Waals surface area contributed by atoms with Crippen LogP contribution in [0.15, 0.2) is 30.3 Å². The Morgan fingerprint density at radius 3 is 1.42 bits per heavy atom. The number of carbonyl (C=O) groups excluding carboxylic acids is 5. The molecule has 5 amide bonds. The molecule has 0 bridgehead atoms. The minimum Gasteiger partial charge on any atom is -0.342 e. The molecule has 1 aromatic rings. The number of nitrogens with zero attached hydrogens (tertiary/aromatic N) is 2. The maximum atomic E-state index is 14.1. The average molecular weight is 600 g/mol. The molecule has 2 rings (SSSR count). The molecule has 0 spiro atoms. The van der Waals surface area contributed by atoms with Crippen molar-refractivity contribution in [2.24, 2.45) is 23.7 Å². The Morgan fingerprint density at radius 1 is 0.581 bits per heavy atom. The first kappa shape index (κ1) is 35.8. The number of hydrogen-bond donors (Lipinski definition) is 3. The van der Waals surface area contributed by atoms with Crippen molar-refractivity contribution in [2.45, 2.75) is 105 Å². The highest BCUT2D eigenvalue weighted by Gasteiger charge is 2.40. The lowest BCUT2D eigenvalue weighted by atomic mass is 9.96. The fourth-order valence-electron chi connectivity index (χ4n) is 5.85. The Balaban J connectivity index is 2.70. The molecule has 1 aromatic carbocycles. The van der Waals surface area contributed by atoms with Crippen molar-refractivity contribution in [1.82, 2.24) is 25.8 Å². The predicted molar refractivity (Wildman–Crippen MR) is 168 cm³/mol. The molecular formula is C33H53N5O5. The van der Waals surface area contributed by atoms with Crippen LogP contribution in [0.1, 0.15) is 73.8 Å². The van der Waals surface area contributed by atoms with E-state index in [1.807, 2.05) is 85.7 Å². The molecule has 0 unspecified atom stereocenters. The van der Waals surface area contributed by atoms with Crippen molar-refractivity contribution in [3.05, 3.63) is 35.9 Å². The van der Waals surface area contributed by atoms with Gasteiger partial charge in [-0.2, -0.15) is 0 Å². The Labute approximate surface area is 257 Å². The molecule has 3 N–H and O–H groups in total. The van der Waals surface area contributed by atoms with Gasteiger partial charge in [0.15, 0.2) is 0 Å². The molecule has 0 aliphatic carbocycles. The maximum Gasteiger partial charge on any atom is 0.245 e. The van der Waals surface area contributed by atoms with Crippen LogP contribution in [0.3, 0.4) is 0 Å². The van der Waals surface area contributed by atoms with Crippen LogP contribution in [0.2, 0.25) is 0 Å². The van der Waals surface area contributed by atoms with Crippen molar-refractivity contribution < 1.29 is 24.0 Å². The summed E-state index contributed by atoms with van der Waals surface area (Å²) in [5.74, 6) is -2.66. The highest BCUT2D eigenvalue weighted by Crippen LogP contribution is 2.19. The zero-order valence-electron chi connectivity index (χ0n) is 27.6. The van der Waals surface area contributed by atoms with E-state index in [2.05, 4.69) is 16.0 Å². The summed E-state index contributed by atoms with van der Waals surface area (Å²) < 4.78 is 0. The van der Waals surface area contributed by atoms with Crippen LogP contribution < -0.4 is 16.0 Å². The lowest BCUT2D eigenvalue weighted by molar-refractivity contribution is -0.146. The molecule has 1 heterocycles. The largest absolute Gasteiger partial charge is 0.342 e. The van der Waals surface area contributed by atoms with Gasteiger partial charge in [-0.15, -0.1) is 0 Å². The van der Waals surface area contributed by atoms with Crippen LogP contribution in [0, 0.1) is 23.7 Å². The molecule has 5 atom stereocenters. The quantitative estimate of drug-likeness (QED) is 0.424. The van der Waals surface area contributed by atoms with E-state index in [0.29, 0.717) is 12.8 Å². The van der Waals surface area contributed by atoms with E-state index in [1.54, 1.807) is 14.1 Å². The molecule has 1 fully saturated rings. The number of benzene rings is 1. The van der Waals surface area contributed by atoms with Crippen LogP contribution in [-0.4, -0.2) is 83.6 Å². The van der Waals surface area contributed by atoms with Crippen molar-refractivity contribution in [3.63, 3.8) is 0 Å². The highest BCUT2D eigenvalue weighted by atomic mass is 16.2. The third-order valence-corrected chi connectivity index (χ3v) is 7.89. The van der Waals surface area contributed by atoms with Gasteiger partial charge in [0.1, 0.15) is 30.2 Å². The summed E-state index contributed by atoms with van der Waals surface area (Å²) in [5.41, 5.74) is 0.839. The van der Waals surface area contributed by atoms with Crippen LogP contribution >= 0.6 is 0 Å². The first-order chi connectivity index (χ1) is 20.0. The molecule has 240 valence electrons. The zero-order valence-corrected chi connectivity index (χ0v) is 27.6. The van der Waals surface area contributed by atoms with Gasteiger partial charge < -0.3 is 25.8 Å². The molecule has 0 saturated carbocycles. The highest BCUT2D eigenvalue weighted by molar-refractivity contribution is 5.98. The zero-order chi connectivity index (χ0) is 32.6. The lowest BCUT2D eigenvalue weighted by Crippen LogP contribution is -2.60. The summed E-state index contributed by atoms with van der Waals surface area (Å²) in [6, 6.07) is 4.76. The molecule has 1 saturated heterocycles. The van der Waals surface area contributed by atoms with E-state index in [9.17, 15) is 24.0 Å². The SMILES string of the molecule is CC(C)C[C@@H]1NC(=O)[C@H](C(C)C)N(C)C(=O)[C@H](CC(C)C)NC(=O)[C@H](C(C)C)N(C)C(=O)[C@H](Cc2ccccc2)NC1=O. The molecule has 0 aromatic heterocycles. The normalized spacial score (nSPS) is 25.2. The second kappa shape index (κ2) is 15.9. The first-order valence-electron chi connectivity index (χ1n) is 15.5. The van der Waals surface area contributed by atoms with Crippen molar-refractivity contribution in [2.75, 3.05) is 14.1 Å². The van der Waals surface area contributed by atoms with Crippen molar-refractivity contribution in [3.8, 4) is 0 Å². The first-order valence-corrected chi connectivity index (χ1v) is 15.5. The summed E-state index contributed by atoms with van der Waals surface area (Å²) in [7, 11) is 3.12. The molecule has 43 heavy (non-hydrogen) atoms. The number of rotatable bonds is 8. The smallest absolute Gasteiger partial charge is 0.245 e. The monoisotopic (exact) mass is 599 g/mol. The van der Waals surface area contributed by atoms with Crippen LogP contribution in [0.25, 0.3) is 0 Å². The fourth-order valence-corrected chi connectivity index (χ4v) is 5.85. The average Bonchev–Trinajstić information content (AvgIpc) is 2.90. The van der Waals surface area contributed by atoms with E-state index < -0.39 is 59.7 Å². The summed E-state index contributed by atoms with van der Waals surface area (Å²) in [5, 5.41) is 8.72. The fraction of sp³-hybridized carbons (Fsp3) is 0.667. The Hall–Kier alpha value is -3.43. The minimum absolute atomic E-state index is 0.0588. The number of carbonyl (C=O) groups is 5. The Morgan fingerprint density at radius 2 is 0.977 bits per heavy atom. The molecule has 10 nitrogen and oxygen atoms in total. The molecular weight excluding hydrogens is 546 g/mol. The lowest BCUT2D eigenvalue weighted by Gasteiger charge is -2.36. The van der Waals surface area contributed by atoms with Gasteiger partial charge in [0.2, 0.25) is 29.5 Å². The van der Waals surface area contributed by atoms with Gasteiger partial charge in [-0.25, -0.2) is 0 Å². The van der Waals surface area contributed by atoms with E-state index in [1.165, 1.54) is 9.80 Å². The molecule has 1 aliphatic rings. The second-order valence-corrected chi connectivity index (χ2v) is 13.4. The van der Waals surface area contributed by atoms with Crippen molar-refractivity contribution >= 4 is 29.5 Å². The molecule has 10 heteroatoms. The van der Waals surface area contributed by atoms with Gasteiger partial charge in [-0.3, -0.25) is 24.0 Å². The van der Waals surface area contributed by atoms with Gasteiger partial charge in [-0.05, 0) is 42.1 Å².